The molecule has 3 aromatic rings. The third-order valence-corrected chi connectivity index (χ3v) is 5.70. The SMILES string of the molecule is Cc1ccccc1-c1cc(C2=CN(C)C3Nc4ccccc4C3=N2)ccc1C. The molecule has 0 fully saturated rings. The van der Waals surface area contributed by atoms with Crippen LogP contribution in [0.3, 0.4) is 0 Å². The molecule has 3 aromatic carbocycles. The Labute approximate surface area is 166 Å². The Morgan fingerprint density at radius 3 is 2.36 bits per heavy atom. The summed E-state index contributed by atoms with van der Waals surface area (Å²) in [5.41, 5.74) is 10.7. The summed E-state index contributed by atoms with van der Waals surface area (Å²) < 4.78 is 0. The maximum absolute atomic E-state index is 5.07. The van der Waals surface area contributed by atoms with Gasteiger partial charge in [-0.2, -0.15) is 0 Å². The summed E-state index contributed by atoms with van der Waals surface area (Å²) in [5.74, 6) is 0. The minimum atomic E-state index is 0.0995. The highest BCUT2D eigenvalue weighted by molar-refractivity contribution is 6.16. The molecule has 1 N–H and O–H groups in total. The van der Waals surface area contributed by atoms with Crippen LogP contribution in [0.4, 0.5) is 5.69 Å². The van der Waals surface area contributed by atoms with E-state index in [1.165, 1.54) is 27.8 Å². The van der Waals surface area contributed by atoms with Crippen molar-refractivity contribution in [3.8, 4) is 11.1 Å². The van der Waals surface area contributed by atoms with Crippen LogP contribution in [-0.2, 0) is 0 Å². The Kier molecular flexibility index (Phi) is 3.83. The fraction of sp³-hybridized carbons (Fsp3) is 0.160. The number of nitrogens with one attached hydrogen (secondary N) is 1. The molecule has 0 spiro atoms. The summed E-state index contributed by atoms with van der Waals surface area (Å²) in [6.45, 7) is 4.34. The molecular weight excluding hydrogens is 342 g/mol. The van der Waals surface area contributed by atoms with Crippen molar-refractivity contribution in [2.45, 2.75) is 20.0 Å². The number of hydrogen-bond acceptors (Lipinski definition) is 3. The summed E-state index contributed by atoms with van der Waals surface area (Å²) in [7, 11) is 2.11. The van der Waals surface area contributed by atoms with Gasteiger partial charge in [0.1, 0.15) is 6.17 Å². The van der Waals surface area contributed by atoms with Crippen LogP contribution in [0.25, 0.3) is 16.8 Å². The van der Waals surface area contributed by atoms with Crippen LogP contribution < -0.4 is 5.32 Å². The maximum Gasteiger partial charge on any atom is 0.143 e. The molecule has 0 amide bonds. The number of aliphatic imine (C=N–C) groups is 1. The predicted molar refractivity (Wildman–Crippen MR) is 117 cm³/mol. The molecule has 0 saturated heterocycles. The van der Waals surface area contributed by atoms with Crippen molar-refractivity contribution in [3.05, 3.63) is 95.2 Å². The van der Waals surface area contributed by atoms with E-state index in [4.69, 9.17) is 4.99 Å². The average molecular weight is 365 g/mol. The fourth-order valence-corrected chi connectivity index (χ4v) is 4.12. The van der Waals surface area contributed by atoms with Crippen LogP contribution in [0.1, 0.15) is 22.3 Å². The van der Waals surface area contributed by atoms with Gasteiger partial charge in [0.2, 0.25) is 0 Å². The van der Waals surface area contributed by atoms with Crippen LogP contribution in [0.15, 0.2) is 77.9 Å². The zero-order chi connectivity index (χ0) is 19.3. The molecule has 0 bridgehead atoms. The summed E-state index contributed by atoms with van der Waals surface area (Å²) >= 11 is 0. The molecule has 0 aliphatic carbocycles. The van der Waals surface area contributed by atoms with Gasteiger partial charge in [0, 0.05) is 30.1 Å². The fourth-order valence-electron chi connectivity index (χ4n) is 4.12. The molecule has 138 valence electrons. The Hall–Kier alpha value is -3.33. The molecule has 0 aromatic heterocycles. The molecule has 3 heteroatoms. The lowest BCUT2D eigenvalue weighted by Gasteiger charge is -2.28. The first-order valence-corrected chi connectivity index (χ1v) is 9.67. The van der Waals surface area contributed by atoms with Crippen LogP contribution in [-0.4, -0.2) is 23.8 Å². The first kappa shape index (κ1) is 16.8. The number of nitrogens with zero attached hydrogens (tertiary/aromatic N) is 2. The highest BCUT2D eigenvalue weighted by Crippen LogP contribution is 2.35. The van der Waals surface area contributed by atoms with Gasteiger partial charge in [-0.1, -0.05) is 54.6 Å². The molecule has 2 aliphatic rings. The number of benzene rings is 3. The summed E-state index contributed by atoms with van der Waals surface area (Å²) in [6, 6.07) is 23.6. The zero-order valence-corrected chi connectivity index (χ0v) is 16.4. The minimum absolute atomic E-state index is 0.0995. The summed E-state index contributed by atoms with van der Waals surface area (Å²) in [5, 5.41) is 3.56. The van der Waals surface area contributed by atoms with Gasteiger partial charge in [0.25, 0.3) is 0 Å². The topological polar surface area (TPSA) is 27.6 Å². The van der Waals surface area contributed by atoms with E-state index in [1.54, 1.807) is 0 Å². The molecule has 1 atom stereocenters. The number of aryl methyl sites for hydroxylation is 2. The lowest BCUT2D eigenvalue weighted by molar-refractivity contribution is 0.436. The van der Waals surface area contributed by atoms with Crippen molar-refractivity contribution >= 4 is 17.1 Å². The molecule has 0 saturated carbocycles. The second-order valence-electron chi connectivity index (χ2n) is 7.61. The van der Waals surface area contributed by atoms with Crippen molar-refractivity contribution in [1.82, 2.24) is 4.90 Å². The number of rotatable bonds is 2. The Morgan fingerprint density at radius 2 is 1.54 bits per heavy atom. The highest BCUT2D eigenvalue weighted by Gasteiger charge is 2.32. The molecule has 2 heterocycles. The largest absolute Gasteiger partial charge is 0.360 e. The van der Waals surface area contributed by atoms with Crippen LogP contribution in [0.5, 0.6) is 0 Å². The number of para-hydroxylation sites is 1. The summed E-state index contributed by atoms with van der Waals surface area (Å²) in [4.78, 5) is 7.28. The third kappa shape index (κ3) is 2.63. The molecule has 0 radical (unpaired) electrons. The van der Waals surface area contributed by atoms with Gasteiger partial charge in [0.05, 0.1) is 11.4 Å². The van der Waals surface area contributed by atoms with Crippen molar-refractivity contribution in [2.75, 3.05) is 12.4 Å². The van der Waals surface area contributed by atoms with Crippen molar-refractivity contribution < 1.29 is 0 Å². The Balaban J connectivity index is 1.61. The van der Waals surface area contributed by atoms with E-state index in [9.17, 15) is 0 Å². The maximum atomic E-state index is 5.07. The van der Waals surface area contributed by atoms with E-state index in [-0.39, 0.29) is 6.17 Å². The average Bonchev–Trinajstić information content (AvgIpc) is 3.08. The molecule has 1 unspecified atom stereocenters. The lowest BCUT2D eigenvalue weighted by Crippen LogP contribution is -2.39. The van der Waals surface area contributed by atoms with Crippen LogP contribution in [0, 0.1) is 13.8 Å². The van der Waals surface area contributed by atoms with E-state index in [1.807, 2.05) is 0 Å². The van der Waals surface area contributed by atoms with Gasteiger partial charge in [0.15, 0.2) is 0 Å². The number of likely N-dealkylation sites (N-methyl/N-ethyl adjacent to an activating group) is 1. The van der Waals surface area contributed by atoms with Gasteiger partial charge in [-0.3, -0.25) is 0 Å². The standard InChI is InChI=1S/C25H23N3/c1-16-8-4-5-9-19(16)21-14-18(13-12-17(21)2)23-15-28(3)25-24(26-23)20-10-6-7-11-22(20)27-25/h4-15,25,27H,1-3H3. The summed E-state index contributed by atoms with van der Waals surface area (Å²) in [6.07, 6.45) is 2.24. The lowest BCUT2D eigenvalue weighted by atomic mass is 9.94. The van der Waals surface area contributed by atoms with Crippen molar-refractivity contribution in [2.24, 2.45) is 4.99 Å². The van der Waals surface area contributed by atoms with E-state index in [0.717, 1.165) is 22.7 Å². The second-order valence-corrected chi connectivity index (χ2v) is 7.61. The van der Waals surface area contributed by atoms with Gasteiger partial charge in [-0.25, -0.2) is 4.99 Å². The number of anilines is 1. The van der Waals surface area contributed by atoms with Crippen LogP contribution in [0.2, 0.25) is 0 Å². The Morgan fingerprint density at radius 1 is 0.821 bits per heavy atom. The third-order valence-electron chi connectivity index (χ3n) is 5.70. The number of hydrogen-bond donors (Lipinski definition) is 1. The predicted octanol–water partition coefficient (Wildman–Crippen LogP) is 5.46. The van der Waals surface area contributed by atoms with Gasteiger partial charge in [-0.05, 0) is 48.2 Å². The molecule has 5 rings (SSSR count). The molecule has 3 nitrogen and oxygen atoms in total. The molecule has 2 aliphatic heterocycles. The monoisotopic (exact) mass is 365 g/mol. The normalized spacial score (nSPS) is 17.4. The Bertz CT molecular complexity index is 1140. The first-order valence-electron chi connectivity index (χ1n) is 9.67. The molecular formula is C25H23N3. The van der Waals surface area contributed by atoms with Crippen molar-refractivity contribution in [3.63, 3.8) is 0 Å². The first-order chi connectivity index (χ1) is 13.6. The van der Waals surface area contributed by atoms with E-state index < -0.39 is 0 Å². The number of fused-ring (bicyclic) bond motifs is 3. The quantitative estimate of drug-likeness (QED) is 0.653. The minimum Gasteiger partial charge on any atom is -0.360 e. The zero-order valence-electron chi connectivity index (χ0n) is 16.4. The van der Waals surface area contributed by atoms with Crippen LogP contribution >= 0.6 is 0 Å². The second kappa shape index (κ2) is 6.38. The van der Waals surface area contributed by atoms with Crippen molar-refractivity contribution in [1.29, 1.82) is 0 Å². The van der Waals surface area contributed by atoms with E-state index >= 15 is 0 Å². The molecule has 28 heavy (non-hydrogen) atoms. The van der Waals surface area contributed by atoms with E-state index in [2.05, 4.69) is 104 Å². The van der Waals surface area contributed by atoms with E-state index in [0.29, 0.717) is 0 Å². The van der Waals surface area contributed by atoms with Gasteiger partial charge < -0.3 is 10.2 Å². The highest BCUT2D eigenvalue weighted by atomic mass is 15.3. The van der Waals surface area contributed by atoms with Gasteiger partial charge in [-0.15, -0.1) is 0 Å². The van der Waals surface area contributed by atoms with Gasteiger partial charge >= 0.3 is 0 Å². The smallest absolute Gasteiger partial charge is 0.143 e.